The topological polar surface area (TPSA) is 115 Å². The molecule has 0 saturated carbocycles. The Morgan fingerprint density at radius 3 is 2.82 bits per heavy atom. The van der Waals surface area contributed by atoms with Gasteiger partial charge in [0.05, 0.1) is 18.8 Å². The quantitative estimate of drug-likeness (QED) is 0.555. The number of nitrogens with two attached hydrogens (primary N) is 1. The molecule has 4 heterocycles. The summed E-state index contributed by atoms with van der Waals surface area (Å²) >= 11 is 0. The highest BCUT2D eigenvalue weighted by Gasteiger charge is 2.17. The highest BCUT2D eigenvalue weighted by Crippen LogP contribution is 2.33. The average molecular weight is 377 g/mol. The fourth-order valence-corrected chi connectivity index (χ4v) is 3.45. The van der Waals surface area contributed by atoms with Gasteiger partial charge in [-0.25, -0.2) is 9.97 Å². The van der Waals surface area contributed by atoms with E-state index in [0.29, 0.717) is 23.0 Å². The van der Waals surface area contributed by atoms with E-state index in [1.807, 2.05) is 12.1 Å². The molecule has 0 radical (unpaired) electrons. The van der Waals surface area contributed by atoms with E-state index in [1.54, 1.807) is 19.3 Å². The van der Waals surface area contributed by atoms with E-state index in [9.17, 15) is 0 Å². The fourth-order valence-electron chi connectivity index (χ4n) is 3.45. The van der Waals surface area contributed by atoms with Gasteiger partial charge in [0.1, 0.15) is 16.9 Å². The second kappa shape index (κ2) is 6.61. The van der Waals surface area contributed by atoms with Crippen LogP contribution in [-0.4, -0.2) is 53.5 Å². The Bertz CT molecular complexity index is 1170. The van der Waals surface area contributed by atoms with Gasteiger partial charge in [0.2, 0.25) is 5.89 Å². The Morgan fingerprint density at radius 2 is 2.00 bits per heavy atom. The lowest BCUT2D eigenvalue weighted by Gasteiger charge is -2.28. The van der Waals surface area contributed by atoms with Crippen LogP contribution in [0.3, 0.4) is 0 Å². The molecule has 0 spiro atoms. The van der Waals surface area contributed by atoms with Crippen molar-refractivity contribution in [3.05, 3.63) is 30.5 Å². The molecule has 0 aliphatic carbocycles. The van der Waals surface area contributed by atoms with Gasteiger partial charge in [-0.1, -0.05) is 0 Å². The summed E-state index contributed by atoms with van der Waals surface area (Å²) in [6.07, 6.45) is 1.71. The van der Waals surface area contributed by atoms with E-state index in [0.717, 1.165) is 54.0 Å². The summed E-state index contributed by atoms with van der Waals surface area (Å²) in [6.45, 7) is 3.20. The predicted octanol–water partition coefficient (Wildman–Crippen LogP) is 2.29. The molecular weight excluding hydrogens is 358 g/mol. The molecular formula is C19H19N7O2. The number of ether oxygens (including phenoxy) is 1. The molecule has 9 nitrogen and oxygen atoms in total. The summed E-state index contributed by atoms with van der Waals surface area (Å²) < 4.78 is 11.5. The summed E-state index contributed by atoms with van der Waals surface area (Å²) in [5.74, 6) is 1.42. The smallest absolute Gasteiger partial charge is 0.229 e. The monoisotopic (exact) mass is 377 g/mol. The van der Waals surface area contributed by atoms with Crippen molar-refractivity contribution in [2.24, 2.45) is 0 Å². The molecule has 3 N–H and O–H groups in total. The first-order valence-electron chi connectivity index (χ1n) is 9.06. The molecule has 4 aromatic rings. The number of hydrogen-bond donors (Lipinski definition) is 2. The number of anilines is 3. The molecule has 5 rings (SSSR count). The molecule has 0 bridgehead atoms. The first-order chi connectivity index (χ1) is 13.7. The normalized spacial score (nSPS) is 14.7. The lowest BCUT2D eigenvalue weighted by molar-refractivity contribution is 0.122. The van der Waals surface area contributed by atoms with Gasteiger partial charge >= 0.3 is 0 Å². The van der Waals surface area contributed by atoms with Gasteiger partial charge < -0.3 is 25.1 Å². The minimum Gasteiger partial charge on any atom is -0.436 e. The van der Waals surface area contributed by atoms with Crippen molar-refractivity contribution in [2.75, 3.05) is 49.3 Å². The van der Waals surface area contributed by atoms with E-state index in [1.165, 1.54) is 0 Å². The van der Waals surface area contributed by atoms with Gasteiger partial charge in [-0.3, -0.25) is 0 Å². The summed E-state index contributed by atoms with van der Waals surface area (Å²) in [7, 11) is 1.78. The van der Waals surface area contributed by atoms with Crippen LogP contribution in [0.2, 0.25) is 0 Å². The van der Waals surface area contributed by atoms with Crippen LogP contribution >= 0.6 is 0 Å². The maximum atomic E-state index is 6.09. The van der Waals surface area contributed by atoms with Crippen LogP contribution in [0.1, 0.15) is 0 Å². The maximum Gasteiger partial charge on any atom is 0.229 e. The molecule has 0 atom stereocenters. The number of nitrogens with one attached hydrogen (secondary N) is 1. The molecule has 1 fully saturated rings. The van der Waals surface area contributed by atoms with Crippen LogP contribution in [0.15, 0.2) is 34.9 Å². The molecule has 9 heteroatoms. The Balaban J connectivity index is 1.62. The standard InChI is InChI=1S/C19H19N7O2/c1-21-18-17-12(9-16(20)24-25-17)13(10-22-18)19-23-14-3-2-11(8-15(14)28-19)26-4-6-27-7-5-26/h2-3,8-10H,4-7H2,1H3,(H2,20,24)(H,21,22). The first kappa shape index (κ1) is 16.7. The molecule has 28 heavy (non-hydrogen) atoms. The first-order valence-corrected chi connectivity index (χ1v) is 9.06. The van der Waals surface area contributed by atoms with E-state index < -0.39 is 0 Å². The van der Waals surface area contributed by atoms with Crippen LogP contribution in [0.25, 0.3) is 33.5 Å². The number of nitrogen functional groups attached to an aromatic ring is 1. The van der Waals surface area contributed by atoms with Crippen LogP contribution in [0.5, 0.6) is 0 Å². The molecule has 1 aliphatic rings. The fraction of sp³-hybridized carbons (Fsp3) is 0.263. The Hall–Kier alpha value is -3.46. The van der Waals surface area contributed by atoms with Crippen molar-refractivity contribution in [3.8, 4) is 11.5 Å². The van der Waals surface area contributed by atoms with Crippen molar-refractivity contribution in [3.63, 3.8) is 0 Å². The van der Waals surface area contributed by atoms with Crippen LogP contribution < -0.4 is 16.0 Å². The molecule has 1 aromatic carbocycles. The minimum absolute atomic E-state index is 0.327. The Morgan fingerprint density at radius 1 is 1.14 bits per heavy atom. The largest absolute Gasteiger partial charge is 0.436 e. The van der Waals surface area contributed by atoms with Gasteiger partial charge in [-0.05, 0) is 18.2 Å². The summed E-state index contributed by atoms with van der Waals surface area (Å²) in [6, 6.07) is 7.81. The highest BCUT2D eigenvalue weighted by atomic mass is 16.5. The second-order valence-electron chi connectivity index (χ2n) is 6.57. The zero-order chi connectivity index (χ0) is 19.1. The average Bonchev–Trinajstić information content (AvgIpc) is 3.16. The van der Waals surface area contributed by atoms with Gasteiger partial charge in [-0.15, -0.1) is 10.2 Å². The van der Waals surface area contributed by atoms with Gasteiger partial charge in [0.15, 0.2) is 11.4 Å². The van der Waals surface area contributed by atoms with Gasteiger partial charge in [-0.2, -0.15) is 0 Å². The Labute approximate surface area is 160 Å². The summed E-state index contributed by atoms with van der Waals surface area (Å²) in [4.78, 5) is 11.3. The van der Waals surface area contributed by atoms with E-state index in [2.05, 4.69) is 36.4 Å². The number of fused-ring (bicyclic) bond motifs is 2. The molecule has 142 valence electrons. The van der Waals surface area contributed by atoms with Gasteiger partial charge in [0, 0.05) is 43.5 Å². The summed E-state index contributed by atoms with van der Waals surface area (Å²) in [5, 5.41) is 11.9. The van der Waals surface area contributed by atoms with Crippen LogP contribution in [0, 0.1) is 0 Å². The Kier molecular flexibility index (Phi) is 3.94. The van der Waals surface area contributed by atoms with Crippen LogP contribution in [-0.2, 0) is 4.74 Å². The number of aromatic nitrogens is 4. The third-order valence-electron chi connectivity index (χ3n) is 4.87. The lowest BCUT2D eigenvalue weighted by Crippen LogP contribution is -2.36. The molecule has 1 aliphatic heterocycles. The van der Waals surface area contributed by atoms with Gasteiger partial charge in [0.25, 0.3) is 0 Å². The zero-order valence-corrected chi connectivity index (χ0v) is 15.3. The van der Waals surface area contributed by atoms with Crippen molar-refractivity contribution < 1.29 is 9.15 Å². The molecule has 0 unspecified atom stereocenters. The lowest BCUT2D eigenvalue weighted by atomic mass is 10.1. The van der Waals surface area contributed by atoms with E-state index >= 15 is 0 Å². The predicted molar refractivity (Wildman–Crippen MR) is 107 cm³/mol. The SMILES string of the molecule is CNc1ncc(-c2nc3ccc(N4CCOCC4)cc3o2)c2cc(N)nnc12. The number of rotatable bonds is 3. The van der Waals surface area contributed by atoms with Crippen molar-refractivity contribution in [2.45, 2.75) is 0 Å². The minimum atomic E-state index is 0.327. The highest BCUT2D eigenvalue weighted by molar-refractivity contribution is 5.99. The molecule has 3 aromatic heterocycles. The molecule has 1 saturated heterocycles. The van der Waals surface area contributed by atoms with Crippen molar-refractivity contribution in [1.29, 1.82) is 0 Å². The number of benzene rings is 1. The van der Waals surface area contributed by atoms with E-state index in [4.69, 9.17) is 14.9 Å². The second-order valence-corrected chi connectivity index (χ2v) is 6.57. The zero-order valence-electron chi connectivity index (χ0n) is 15.3. The van der Waals surface area contributed by atoms with Crippen molar-refractivity contribution in [1.82, 2.24) is 20.2 Å². The molecule has 0 amide bonds. The van der Waals surface area contributed by atoms with E-state index in [-0.39, 0.29) is 0 Å². The number of hydrogen-bond acceptors (Lipinski definition) is 9. The number of morpholine rings is 1. The maximum absolute atomic E-state index is 6.09. The van der Waals surface area contributed by atoms with Crippen LogP contribution in [0.4, 0.5) is 17.3 Å². The number of oxazole rings is 1. The number of nitrogens with zero attached hydrogens (tertiary/aromatic N) is 5. The summed E-state index contributed by atoms with van der Waals surface area (Å²) in [5.41, 5.74) is 9.80. The number of pyridine rings is 1. The third kappa shape index (κ3) is 2.76. The van der Waals surface area contributed by atoms with Crippen molar-refractivity contribution >= 4 is 39.3 Å². The third-order valence-corrected chi connectivity index (χ3v) is 4.87.